The van der Waals surface area contributed by atoms with Crippen LogP contribution in [0, 0.1) is 10.1 Å². The zero-order chi connectivity index (χ0) is 32.1. The van der Waals surface area contributed by atoms with Crippen molar-refractivity contribution in [1.29, 1.82) is 0 Å². The normalized spacial score (nSPS) is 28.8. The molecule has 1 aromatic heterocycles. The van der Waals surface area contributed by atoms with Crippen LogP contribution in [0.4, 0.5) is 5.69 Å². The Morgan fingerprint density at radius 1 is 1.11 bits per heavy atom. The summed E-state index contributed by atoms with van der Waals surface area (Å²) >= 11 is 0. The lowest BCUT2D eigenvalue weighted by Crippen LogP contribution is -2.53. The monoisotopic (exact) mass is 683 g/mol. The number of nitro benzene ring substituents is 1. The average Bonchev–Trinajstić information content (AvgIpc) is 3.60. The van der Waals surface area contributed by atoms with Crippen LogP contribution in [0.5, 0.6) is 0 Å². The van der Waals surface area contributed by atoms with Crippen LogP contribution in [-0.2, 0) is 38.0 Å². The summed E-state index contributed by atoms with van der Waals surface area (Å²) in [6, 6.07) is 6.40. The molecule has 44 heavy (non-hydrogen) atoms. The van der Waals surface area contributed by atoms with Crippen LogP contribution in [-0.4, -0.2) is 86.9 Å². The molecular formula is C20H26N6O15P3+. The number of nitro groups is 1. The van der Waals surface area contributed by atoms with Crippen LogP contribution >= 0.6 is 23.5 Å². The van der Waals surface area contributed by atoms with E-state index in [0.29, 0.717) is 29.7 Å². The smallest absolute Gasteiger partial charge is 0.387 e. The van der Waals surface area contributed by atoms with Gasteiger partial charge in [-0.1, -0.05) is 18.2 Å². The van der Waals surface area contributed by atoms with Gasteiger partial charge in [0.2, 0.25) is 5.82 Å². The van der Waals surface area contributed by atoms with Gasteiger partial charge in [-0.05, 0) is 0 Å². The molecule has 7 atom stereocenters. The van der Waals surface area contributed by atoms with Gasteiger partial charge < -0.3 is 39.8 Å². The molecule has 0 amide bonds. The molecular weight excluding hydrogens is 657 g/mol. The van der Waals surface area contributed by atoms with Gasteiger partial charge in [-0.25, -0.2) is 28.2 Å². The lowest BCUT2D eigenvalue weighted by molar-refractivity contribution is -0.808. The third-order valence-corrected chi connectivity index (χ3v) is 10.7. The molecule has 3 aliphatic rings. The summed E-state index contributed by atoms with van der Waals surface area (Å²) in [5.74, 6) is 0.601. The van der Waals surface area contributed by atoms with Gasteiger partial charge in [-0.2, -0.15) is 8.62 Å². The van der Waals surface area contributed by atoms with Crippen molar-refractivity contribution in [2.24, 2.45) is 4.99 Å². The summed E-state index contributed by atoms with van der Waals surface area (Å²) in [6.45, 7) is -0.455. The fourth-order valence-electron chi connectivity index (χ4n) is 4.96. The second kappa shape index (κ2) is 11.9. The number of quaternary nitrogens is 1. The predicted molar refractivity (Wildman–Crippen MR) is 141 cm³/mol. The number of aliphatic hydroxyl groups excluding tert-OH is 2. The van der Waals surface area contributed by atoms with E-state index in [1.807, 2.05) is 6.20 Å². The minimum absolute atomic E-state index is 0.00396. The van der Waals surface area contributed by atoms with E-state index < -0.39 is 59.5 Å². The van der Waals surface area contributed by atoms with Gasteiger partial charge in [0.15, 0.2) is 23.7 Å². The van der Waals surface area contributed by atoms with Crippen molar-refractivity contribution < 1.29 is 70.8 Å². The van der Waals surface area contributed by atoms with E-state index in [4.69, 9.17) is 14.5 Å². The van der Waals surface area contributed by atoms with E-state index >= 15 is 0 Å². The molecule has 3 aliphatic heterocycles. The number of rotatable bonds is 12. The van der Waals surface area contributed by atoms with Crippen LogP contribution in [0.3, 0.4) is 0 Å². The molecule has 1 fully saturated rings. The van der Waals surface area contributed by atoms with Crippen molar-refractivity contribution in [1.82, 2.24) is 14.9 Å². The van der Waals surface area contributed by atoms with Gasteiger partial charge in [0.1, 0.15) is 24.5 Å². The minimum atomic E-state index is -5.76. The minimum Gasteiger partial charge on any atom is -0.387 e. The molecule has 1 aromatic carbocycles. The fraction of sp³-hybridized carbons (Fsp3) is 0.400. The first-order valence-corrected chi connectivity index (χ1v) is 17.0. The maximum Gasteiger partial charge on any atom is 0.490 e. The Morgan fingerprint density at radius 2 is 1.84 bits per heavy atom. The third-order valence-electron chi connectivity index (χ3n) is 6.89. The summed E-state index contributed by atoms with van der Waals surface area (Å²) in [4.78, 5) is 56.2. The van der Waals surface area contributed by atoms with Gasteiger partial charge in [0.25, 0.3) is 5.69 Å². The molecule has 0 saturated carbocycles. The lowest BCUT2D eigenvalue weighted by atomic mass is 10.1. The number of nitrogens with one attached hydrogen (secondary N) is 1. The molecule has 4 heterocycles. The van der Waals surface area contributed by atoms with E-state index in [1.165, 1.54) is 17.0 Å². The zero-order valence-electron chi connectivity index (χ0n) is 22.1. The number of fused-ring (bicyclic) bond motifs is 2. The molecule has 0 aliphatic carbocycles. The SMILES string of the molecule is O=[N+]([O-])c1ccccc1CC[N+]12C=CNC1=c1ncn([C@@H]3O[C@H](COP(=O)(O)OP(=O)(O)OP(=O)(O)O)[C@@H](O)[C@H]3O)c1=NC2. The summed E-state index contributed by atoms with van der Waals surface area (Å²) < 4.78 is 53.3. The van der Waals surface area contributed by atoms with Crippen LogP contribution < -0.4 is 16.2 Å². The molecule has 7 N–H and O–H groups in total. The molecule has 0 spiro atoms. The summed E-state index contributed by atoms with van der Waals surface area (Å²) in [5, 5.41) is 36.1. The molecule has 5 rings (SSSR count). The number of phosphoric ester groups is 1. The highest BCUT2D eigenvalue weighted by Crippen LogP contribution is 2.66. The van der Waals surface area contributed by atoms with Crippen LogP contribution in [0.2, 0.25) is 0 Å². The van der Waals surface area contributed by atoms with Crippen molar-refractivity contribution in [2.45, 2.75) is 31.0 Å². The number of aliphatic hydroxyl groups is 2. The summed E-state index contributed by atoms with van der Waals surface area (Å²) in [7, 11) is -16.9. The highest BCUT2D eigenvalue weighted by Gasteiger charge is 2.48. The number of imidazole rings is 1. The van der Waals surface area contributed by atoms with Crippen LogP contribution in [0.25, 0.3) is 5.82 Å². The molecule has 240 valence electrons. The topological polar surface area (TPSA) is 295 Å². The molecule has 2 aromatic rings. The maximum absolute atomic E-state index is 12.1. The third kappa shape index (κ3) is 6.76. The van der Waals surface area contributed by atoms with E-state index in [0.717, 1.165) is 0 Å². The quantitative estimate of drug-likeness (QED) is 0.0582. The van der Waals surface area contributed by atoms with Crippen molar-refractivity contribution >= 4 is 35.0 Å². The number of benzene rings is 1. The van der Waals surface area contributed by atoms with Gasteiger partial charge in [-0.3, -0.25) is 19.2 Å². The molecule has 0 bridgehead atoms. The second-order valence-electron chi connectivity index (χ2n) is 9.76. The Bertz CT molecular complexity index is 1760. The predicted octanol–water partition coefficient (Wildman–Crippen LogP) is -1.46. The van der Waals surface area contributed by atoms with Crippen molar-refractivity contribution in [2.75, 3.05) is 19.8 Å². The summed E-state index contributed by atoms with van der Waals surface area (Å²) in [6.07, 6.45) is -1.05. The van der Waals surface area contributed by atoms with E-state index in [-0.39, 0.29) is 22.3 Å². The maximum atomic E-state index is 12.1. The Hall–Kier alpha value is -2.71. The first-order valence-electron chi connectivity index (χ1n) is 12.5. The molecule has 21 nitrogen and oxygen atoms in total. The molecule has 0 radical (unpaired) electrons. The number of nitrogens with zero attached hydrogens (tertiary/aromatic N) is 5. The van der Waals surface area contributed by atoms with Crippen molar-refractivity contribution in [3.8, 4) is 0 Å². The van der Waals surface area contributed by atoms with Crippen LogP contribution in [0.1, 0.15) is 11.8 Å². The highest BCUT2D eigenvalue weighted by atomic mass is 31.3. The number of hydrogen-bond donors (Lipinski definition) is 7. The number of ether oxygens (including phenoxy) is 1. The fourth-order valence-corrected chi connectivity index (χ4v) is 7.99. The molecule has 3 unspecified atom stereocenters. The summed E-state index contributed by atoms with van der Waals surface area (Å²) in [5.41, 5.74) is 0.788. The number of para-hydroxylation sites is 1. The Morgan fingerprint density at radius 3 is 2.55 bits per heavy atom. The van der Waals surface area contributed by atoms with Gasteiger partial charge in [0, 0.05) is 18.1 Å². The Kier molecular flexibility index (Phi) is 8.84. The molecule has 24 heteroatoms. The first kappa shape index (κ1) is 32.7. The zero-order valence-corrected chi connectivity index (χ0v) is 24.8. The Balaban J connectivity index is 1.31. The Labute approximate surface area is 246 Å². The first-order chi connectivity index (χ1) is 20.5. The lowest BCUT2D eigenvalue weighted by Gasteiger charge is -2.31. The number of hydrogen-bond acceptors (Lipinski definition) is 14. The number of phosphoric acid groups is 3. The van der Waals surface area contributed by atoms with E-state index in [1.54, 1.807) is 24.4 Å². The second-order valence-corrected chi connectivity index (χ2v) is 14.2. The van der Waals surface area contributed by atoms with Crippen molar-refractivity contribution in [3.05, 3.63) is 69.5 Å². The van der Waals surface area contributed by atoms with E-state index in [2.05, 4.69) is 28.4 Å². The average molecular weight is 683 g/mol. The number of aromatic nitrogens is 2. The van der Waals surface area contributed by atoms with Crippen LogP contribution in [0.15, 0.2) is 48.0 Å². The van der Waals surface area contributed by atoms with Gasteiger partial charge in [-0.15, -0.1) is 0 Å². The largest absolute Gasteiger partial charge is 0.490 e. The van der Waals surface area contributed by atoms with Gasteiger partial charge in [0.05, 0.1) is 30.6 Å². The van der Waals surface area contributed by atoms with Crippen molar-refractivity contribution in [3.63, 3.8) is 0 Å². The van der Waals surface area contributed by atoms with Gasteiger partial charge >= 0.3 is 23.5 Å². The molecule has 1 saturated heterocycles. The van der Waals surface area contributed by atoms with E-state index in [9.17, 15) is 43.8 Å². The standard InChI is InChI=1S/C20H25N6O15P3/c27-16-14(9-38-43(34,35)41-44(36,37)40-42(31,32)33)39-20(17(16)28)24-10-22-15-18(24)23-11-26(8-6-21-19(15)26)7-5-12-3-1-2-4-13(12)25(29)30/h1-4,6,8,10,14,16-17,20-21,27-28H,5,7,9,11H2,(H3-,31,32,33,34,35,36,37)/p+1/t14-,16-,17-,20-,26?/m1/s1. The highest BCUT2D eigenvalue weighted by molar-refractivity contribution is 7.66.